The van der Waals surface area contributed by atoms with E-state index in [1.54, 1.807) is 114 Å². The third-order valence-electron chi connectivity index (χ3n) is 11.0. The number of tetrazole rings is 1. The highest BCUT2D eigenvalue weighted by atomic mass is 32.2. The topological polar surface area (TPSA) is 250 Å². The van der Waals surface area contributed by atoms with Crippen LogP contribution in [-0.4, -0.2) is 107 Å². The van der Waals surface area contributed by atoms with Gasteiger partial charge in [-0.1, -0.05) is 54.6 Å². The van der Waals surface area contributed by atoms with Gasteiger partial charge >= 0.3 is 6.09 Å². The van der Waals surface area contributed by atoms with Crippen LogP contribution in [-0.2, 0) is 39.7 Å². The number of benzene rings is 5. The van der Waals surface area contributed by atoms with Crippen LogP contribution in [0.15, 0.2) is 113 Å². The summed E-state index contributed by atoms with van der Waals surface area (Å²) in [6.45, 7) is 5.85. The molecule has 21 heteroatoms. The normalized spacial score (nSPS) is 12.6. The molecule has 7 aromatic rings. The van der Waals surface area contributed by atoms with Crippen LogP contribution in [0.4, 0.5) is 10.7 Å². The molecule has 0 saturated heterocycles. The lowest BCUT2D eigenvalue weighted by molar-refractivity contribution is 0.0767. The SMILES string of the molecule is COc1ccc(CN(Cc2ccc(OC)cc2)S(=O)(=O)c2c(S(=O)(=O)NC[C@@H](C)N(C(=O)O)C(C)(C)C)ccc(-c3cccc4[nH]c(N)nc34)c2-c2nnn(Cc3ccc(OC)cc3)n2)cc1. The van der Waals surface area contributed by atoms with Crippen molar-refractivity contribution in [3.63, 3.8) is 0 Å². The molecule has 352 valence electrons. The molecule has 1 atom stereocenters. The van der Waals surface area contributed by atoms with Crippen molar-refractivity contribution in [2.24, 2.45) is 0 Å². The quantitative estimate of drug-likeness (QED) is 0.0729. The van der Waals surface area contributed by atoms with Crippen LogP contribution in [0.3, 0.4) is 0 Å². The first-order chi connectivity index (χ1) is 31.8. The predicted molar refractivity (Wildman–Crippen MR) is 252 cm³/mol. The Kier molecular flexibility index (Phi) is 13.9. The third kappa shape index (κ3) is 10.5. The van der Waals surface area contributed by atoms with Crippen molar-refractivity contribution < 1.29 is 40.9 Å². The number of H-pyrrole nitrogens is 1. The monoisotopic (exact) mass is 952 g/mol. The minimum absolute atomic E-state index is 0.0914. The summed E-state index contributed by atoms with van der Waals surface area (Å²) >= 11 is 0. The molecule has 67 heavy (non-hydrogen) atoms. The molecule has 2 heterocycles. The number of rotatable bonds is 18. The summed E-state index contributed by atoms with van der Waals surface area (Å²) in [6, 6.07) is 27.7. The number of imidazole rings is 1. The van der Waals surface area contributed by atoms with Crippen molar-refractivity contribution in [3.05, 3.63) is 120 Å². The molecule has 0 spiro atoms. The van der Waals surface area contributed by atoms with Crippen molar-refractivity contribution in [2.45, 2.75) is 68.7 Å². The second-order valence-electron chi connectivity index (χ2n) is 16.6. The van der Waals surface area contributed by atoms with Crippen molar-refractivity contribution >= 4 is 43.1 Å². The van der Waals surface area contributed by atoms with Crippen molar-refractivity contribution in [3.8, 4) is 39.8 Å². The number of para-hydroxylation sites is 1. The molecule has 0 aliphatic carbocycles. The lowest BCUT2D eigenvalue weighted by Gasteiger charge is -2.38. The number of fused-ring (bicyclic) bond motifs is 1. The Morgan fingerprint density at radius 1 is 0.806 bits per heavy atom. The number of methoxy groups -OCH3 is 3. The number of carbonyl (C=O) groups is 1. The van der Waals surface area contributed by atoms with Crippen molar-refractivity contribution in [1.82, 2.24) is 44.1 Å². The number of nitrogens with zero attached hydrogens (tertiary/aromatic N) is 7. The molecule has 1 amide bonds. The van der Waals surface area contributed by atoms with E-state index in [9.17, 15) is 18.3 Å². The Hall–Kier alpha value is -7.07. The van der Waals surface area contributed by atoms with Crippen LogP contribution in [0, 0.1) is 0 Å². The fourth-order valence-corrected chi connectivity index (χ4v) is 11.3. The van der Waals surface area contributed by atoms with Gasteiger partial charge in [0.15, 0.2) is 5.95 Å². The summed E-state index contributed by atoms with van der Waals surface area (Å²) < 4.78 is 81.9. The first-order valence-electron chi connectivity index (χ1n) is 20.9. The van der Waals surface area contributed by atoms with Crippen LogP contribution in [0.1, 0.15) is 44.4 Å². The van der Waals surface area contributed by atoms with Gasteiger partial charge in [0.05, 0.1) is 44.5 Å². The molecule has 5 aromatic carbocycles. The van der Waals surface area contributed by atoms with Gasteiger partial charge in [-0.2, -0.15) is 9.10 Å². The number of nitrogens with two attached hydrogens (primary N) is 1. The van der Waals surface area contributed by atoms with Gasteiger partial charge in [-0.15, -0.1) is 10.2 Å². The van der Waals surface area contributed by atoms with E-state index >= 15 is 8.42 Å². The first-order valence-corrected chi connectivity index (χ1v) is 23.9. The maximum Gasteiger partial charge on any atom is 0.408 e. The summed E-state index contributed by atoms with van der Waals surface area (Å²) in [7, 11) is -5.23. The number of aromatic amines is 1. The molecule has 0 saturated carbocycles. The number of sulfonamides is 2. The number of hydrogen-bond donors (Lipinski definition) is 4. The summed E-state index contributed by atoms with van der Waals surface area (Å²) in [5, 5.41) is 23.6. The molecular weight excluding hydrogens is 901 g/mol. The molecule has 0 unspecified atom stereocenters. The van der Waals surface area contributed by atoms with E-state index in [2.05, 4.69) is 25.0 Å². The maximum atomic E-state index is 16.1. The van der Waals surface area contributed by atoms with Gasteiger partial charge in [-0.25, -0.2) is 31.3 Å². The number of amides is 1. The molecule has 0 bridgehead atoms. The summed E-state index contributed by atoms with van der Waals surface area (Å²) in [4.78, 5) is 21.0. The lowest BCUT2D eigenvalue weighted by Crippen LogP contribution is -2.53. The maximum absolute atomic E-state index is 16.1. The van der Waals surface area contributed by atoms with E-state index in [0.29, 0.717) is 45.0 Å². The number of hydrogen-bond acceptors (Lipinski definition) is 13. The average Bonchev–Trinajstić information content (AvgIpc) is 3.93. The zero-order valence-corrected chi connectivity index (χ0v) is 39.6. The Morgan fingerprint density at radius 3 is 1.88 bits per heavy atom. The predicted octanol–water partition coefficient (Wildman–Crippen LogP) is 6.38. The summed E-state index contributed by atoms with van der Waals surface area (Å²) in [5.74, 6) is 1.59. The van der Waals surface area contributed by atoms with E-state index in [1.165, 1.54) is 35.5 Å². The minimum Gasteiger partial charge on any atom is -0.497 e. The fourth-order valence-electron chi connectivity index (χ4n) is 7.81. The van der Waals surface area contributed by atoms with Gasteiger partial charge in [0.25, 0.3) is 0 Å². The van der Waals surface area contributed by atoms with E-state index < -0.39 is 54.1 Å². The number of nitrogen functional groups attached to an aromatic ring is 1. The fraction of sp³-hybridized carbons (Fsp3) is 0.283. The molecular formula is C46H52N10O9S2. The smallest absolute Gasteiger partial charge is 0.408 e. The lowest BCUT2D eigenvalue weighted by atomic mass is 9.98. The second kappa shape index (κ2) is 19.4. The van der Waals surface area contributed by atoms with E-state index in [1.807, 2.05) is 12.1 Å². The largest absolute Gasteiger partial charge is 0.497 e. The summed E-state index contributed by atoms with van der Waals surface area (Å²) in [6.07, 6.45) is -1.27. The zero-order chi connectivity index (χ0) is 48.3. The van der Waals surface area contributed by atoms with Crippen LogP contribution >= 0.6 is 0 Å². The number of anilines is 1. The van der Waals surface area contributed by atoms with E-state index in [0.717, 1.165) is 10.5 Å². The highest BCUT2D eigenvalue weighted by Gasteiger charge is 2.39. The second-order valence-corrected chi connectivity index (χ2v) is 20.2. The van der Waals surface area contributed by atoms with Crippen LogP contribution in [0.2, 0.25) is 0 Å². The number of carboxylic acid groups (broad SMARTS) is 1. The first kappa shape index (κ1) is 47.9. The molecule has 0 fully saturated rings. The third-order valence-corrected chi connectivity index (χ3v) is 14.4. The Morgan fingerprint density at radius 2 is 1.36 bits per heavy atom. The molecule has 19 nitrogen and oxygen atoms in total. The van der Waals surface area contributed by atoms with Crippen molar-refractivity contribution in [2.75, 3.05) is 33.6 Å². The van der Waals surface area contributed by atoms with Gasteiger partial charge in [0.1, 0.15) is 27.0 Å². The van der Waals surface area contributed by atoms with Gasteiger partial charge in [0.2, 0.25) is 25.9 Å². The standard InChI is InChI=1S/C46H52N10O9S2/c1-29(56(45(57)58)46(2,3)4)25-48-66(59,60)39-24-23-36(37-9-8-10-38-41(37)50-44(47)49-38)40(43-51-53-55(52-43)28-32-15-21-35(65-7)22-16-32)42(39)67(61,62)54(26-30-11-17-33(63-5)18-12-30)27-31-13-19-34(64-6)20-14-31/h8-24,29,48H,25-28H2,1-7H3,(H,57,58)(H3,47,49,50)/t29-/m1/s1. The average molecular weight is 953 g/mol. The van der Waals surface area contributed by atoms with Crippen LogP contribution < -0.4 is 24.7 Å². The van der Waals surface area contributed by atoms with Gasteiger partial charge in [0, 0.05) is 36.8 Å². The number of nitrogens with one attached hydrogen (secondary N) is 2. The van der Waals surface area contributed by atoms with E-state index in [4.69, 9.17) is 25.0 Å². The Labute approximate surface area is 388 Å². The molecule has 0 aliphatic rings. The van der Waals surface area contributed by atoms with Crippen LogP contribution in [0.5, 0.6) is 17.2 Å². The van der Waals surface area contributed by atoms with Crippen LogP contribution in [0.25, 0.3) is 33.5 Å². The highest BCUT2D eigenvalue weighted by Crippen LogP contribution is 2.43. The zero-order valence-electron chi connectivity index (χ0n) is 38.0. The Balaban J connectivity index is 1.50. The molecule has 0 radical (unpaired) electrons. The van der Waals surface area contributed by atoms with Gasteiger partial charge in [-0.3, -0.25) is 4.90 Å². The Bertz CT molecular complexity index is 3050. The van der Waals surface area contributed by atoms with Crippen molar-refractivity contribution in [1.29, 1.82) is 0 Å². The summed E-state index contributed by atoms with van der Waals surface area (Å²) in [5.41, 5.74) is 8.40. The molecule has 5 N–H and O–H groups in total. The molecule has 0 aliphatic heterocycles. The number of ether oxygens (including phenoxy) is 3. The molecule has 7 rings (SSSR count). The molecule has 2 aromatic heterocycles. The highest BCUT2D eigenvalue weighted by molar-refractivity contribution is 7.92. The van der Waals surface area contributed by atoms with E-state index in [-0.39, 0.29) is 42.5 Å². The minimum atomic E-state index is -4.99. The van der Waals surface area contributed by atoms with Gasteiger partial charge < -0.3 is 30.0 Å². The number of aromatic nitrogens is 6. The van der Waals surface area contributed by atoms with Gasteiger partial charge in [-0.05, 0) is 104 Å².